The minimum Gasteiger partial charge on any atom is -0.369 e. The largest absolute Gasteiger partial charge is 0.369 e. The van der Waals surface area contributed by atoms with Crippen molar-refractivity contribution in [2.75, 3.05) is 11.4 Å². The van der Waals surface area contributed by atoms with Crippen LogP contribution in [0.25, 0.3) is 0 Å². The Bertz CT molecular complexity index is 641. The van der Waals surface area contributed by atoms with Gasteiger partial charge in [0.2, 0.25) is 5.91 Å². The van der Waals surface area contributed by atoms with Crippen molar-refractivity contribution in [1.29, 1.82) is 0 Å². The lowest BCUT2D eigenvalue weighted by Gasteiger charge is -2.26. The van der Waals surface area contributed by atoms with Crippen molar-refractivity contribution >= 4 is 23.2 Å². The smallest absolute Gasteiger partial charge is 0.250 e. The molecule has 1 radical (unpaired) electrons. The van der Waals surface area contributed by atoms with E-state index in [1.54, 1.807) is 18.2 Å². The zero-order valence-electron chi connectivity index (χ0n) is 11.4. The molecule has 0 aliphatic carbocycles. The number of carbonyl (C=O) groups is 2. The maximum atomic E-state index is 11.6. The molecule has 107 valence electrons. The van der Waals surface area contributed by atoms with E-state index in [2.05, 4.69) is 0 Å². The van der Waals surface area contributed by atoms with E-state index in [4.69, 9.17) is 11.5 Å². The van der Waals surface area contributed by atoms with Gasteiger partial charge >= 0.3 is 0 Å². The molecular weight excluding hydrogens is 266 g/mol. The Kier molecular flexibility index (Phi) is 4.56. The average molecular weight is 282 g/mol. The van der Waals surface area contributed by atoms with Gasteiger partial charge in [-0.25, -0.2) is 0 Å². The van der Waals surface area contributed by atoms with Gasteiger partial charge < -0.3 is 16.4 Å². The van der Waals surface area contributed by atoms with Gasteiger partial charge in [0.1, 0.15) is 0 Å². The number of nitrogens with zero attached hydrogens (tertiary/aromatic N) is 1. The van der Waals surface area contributed by atoms with Crippen LogP contribution in [0.2, 0.25) is 0 Å². The summed E-state index contributed by atoms with van der Waals surface area (Å²) in [4.78, 5) is 24.4. The van der Waals surface area contributed by atoms with Crippen molar-refractivity contribution in [2.45, 2.75) is 0 Å². The first kappa shape index (κ1) is 14.6. The summed E-state index contributed by atoms with van der Waals surface area (Å²) in [7, 11) is 0. The molecule has 5 heteroatoms. The van der Waals surface area contributed by atoms with E-state index in [0.29, 0.717) is 11.3 Å². The van der Waals surface area contributed by atoms with Gasteiger partial charge in [-0.3, -0.25) is 9.59 Å². The summed E-state index contributed by atoms with van der Waals surface area (Å²) in [6.45, 7) is 0.254. The van der Waals surface area contributed by atoms with Crippen LogP contribution in [0.5, 0.6) is 0 Å². The maximum absolute atomic E-state index is 11.6. The summed E-state index contributed by atoms with van der Waals surface area (Å²) in [6.07, 6.45) is 1.35. The first-order valence-corrected chi connectivity index (χ1v) is 6.43. The van der Waals surface area contributed by atoms with Gasteiger partial charge in [0.15, 0.2) is 0 Å². The number of nitrogens with two attached hydrogens (primary N) is 2. The Morgan fingerprint density at radius 2 is 1.57 bits per heavy atom. The predicted molar refractivity (Wildman–Crippen MR) is 81.9 cm³/mol. The van der Waals surface area contributed by atoms with Gasteiger partial charge in [0, 0.05) is 12.2 Å². The van der Waals surface area contributed by atoms with Crippen LogP contribution in [0.15, 0.2) is 54.6 Å². The summed E-state index contributed by atoms with van der Waals surface area (Å²) in [5.41, 5.74) is 12.5. The van der Waals surface area contributed by atoms with Crippen molar-refractivity contribution in [3.8, 4) is 0 Å². The second-order valence-electron chi connectivity index (χ2n) is 4.43. The molecule has 2 rings (SSSR count). The standard InChI is InChI=1S/C16H16N3O2/c17-15(20)10-11-19(12-6-2-1-3-7-12)14-9-5-4-8-13(14)16(18)21/h1-10H,11H2,(H2,17,20)(H2,18,21). The molecule has 0 unspecified atom stereocenters. The van der Waals surface area contributed by atoms with Crippen LogP contribution in [0, 0.1) is 6.42 Å². The molecular formula is C16H16N3O2. The summed E-state index contributed by atoms with van der Waals surface area (Å²) in [5, 5.41) is 0. The normalized spacial score (nSPS) is 10.1. The third kappa shape index (κ3) is 3.60. The van der Waals surface area contributed by atoms with Crippen LogP contribution in [-0.4, -0.2) is 18.4 Å². The number of amides is 2. The van der Waals surface area contributed by atoms with E-state index in [1.165, 1.54) is 6.42 Å². The highest BCUT2D eigenvalue weighted by Gasteiger charge is 2.16. The molecule has 0 aromatic heterocycles. The molecule has 0 saturated carbocycles. The second kappa shape index (κ2) is 6.56. The van der Waals surface area contributed by atoms with Crippen LogP contribution < -0.4 is 16.4 Å². The molecule has 2 aromatic rings. The maximum Gasteiger partial charge on any atom is 0.250 e. The van der Waals surface area contributed by atoms with Crippen molar-refractivity contribution in [2.24, 2.45) is 11.5 Å². The SMILES string of the molecule is NC(=O)[CH]CN(c1ccccc1)c1ccccc1C(N)=O. The molecule has 0 saturated heterocycles. The van der Waals surface area contributed by atoms with E-state index in [0.717, 1.165) is 5.69 Å². The van der Waals surface area contributed by atoms with Crippen LogP contribution in [0.4, 0.5) is 11.4 Å². The Labute approximate surface area is 123 Å². The Morgan fingerprint density at radius 3 is 2.19 bits per heavy atom. The highest BCUT2D eigenvalue weighted by atomic mass is 16.1. The van der Waals surface area contributed by atoms with Gasteiger partial charge in [0.05, 0.1) is 17.7 Å². The highest BCUT2D eigenvalue weighted by Crippen LogP contribution is 2.28. The minimum atomic E-state index is -0.523. The number of benzene rings is 2. The summed E-state index contributed by atoms with van der Waals surface area (Å²) in [6, 6.07) is 16.4. The fraction of sp³-hybridized carbons (Fsp3) is 0.0625. The molecule has 0 heterocycles. The molecule has 4 N–H and O–H groups in total. The number of hydrogen-bond acceptors (Lipinski definition) is 3. The Balaban J connectivity index is 2.45. The number of hydrogen-bond donors (Lipinski definition) is 2. The van der Waals surface area contributed by atoms with Crippen LogP contribution in [0.3, 0.4) is 0 Å². The van der Waals surface area contributed by atoms with E-state index >= 15 is 0 Å². The quantitative estimate of drug-likeness (QED) is 0.843. The predicted octanol–water partition coefficient (Wildman–Crippen LogP) is 1.61. The van der Waals surface area contributed by atoms with Crippen molar-refractivity contribution < 1.29 is 9.59 Å². The summed E-state index contributed by atoms with van der Waals surface area (Å²) in [5.74, 6) is -1.04. The third-order valence-corrected chi connectivity index (χ3v) is 3.00. The fourth-order valence-electron chi connectivity index (χ4n) is 2.05. The van der Waals surface area contributed by atoms with Gasteiger partial charge in [-0.05, 0) is 24.3 Å². The van der Waals surface area contributed by atoms with Crippen LogP contribution in [-0.2, 0) is 4.79 Å². The lowest BCUT2D eigenvalue weighted by atomic mass is 10.1. The third-order valence-electron chi connectivity index (χ3n) is 3.00. The van der Waals surface area contributed by atoms with E-state index in [9.17, 15) is 9.59 Å². The van der Waals surface area contributed by atoms with E-state index < -0.39 is 11.8 Å². The number of para-hydroxylation sites is 2. The lowest BCUT2D eigenvalue weighted by Crippen LogP contribution is -2.27. The van der Waals surface area contributed by atoms with Gasteiger partial charge in [-0.2, -0.15) is 0 Å². The van der Waals surface area contributed by atoms with Gasteiger partial charge in [0.25, 0.3) is 5.91 Å². The number of primary amides is 2. The molecule has 0 aliphatic heterocycles. The van der Waals surface area contributed by atoms with Crippen molar-refractivity contribution in [1.82, 2.24) is 0 Å². The zero-order chi connectivity index (χ0) is 15.2. The first-order valence-electron chi connectivity index (χ1n) is 6.43. The monoisotopic (exact) mass is 282 g/mol. The van der Waals surface area contributed by atoms with Crippen LogP contribution in [0.1, 0.15) is 10.4 Å². The molecule has 5 nitrogen and oxygen atoms in total. The fourth-order valence-corrected chi connectivity index (χ4v) is 2.05. The zero-order valence-corrected chi connectivity index (χ0v) is 11.4. The molecule has 0 atom stereocenters. The van der Waals surface area contributed by atoms with Crippen molar-refractivity contribution in [3.63, 3.8) is 0 Å². The number of carbonyl (C=O) groups excluding carboxylic acids is 2. The Hall–Kier alpha value is -2.82. The first-order chi connectivity index (χ1) is 10.1. The minimum absolute atomic E-state index is 0.254. The lowest BCUT2D eigenvalue weighted by molar-refractivity contribution is -0.114. The van der Waals surface area contributed by atoms with E-state index in [-0.39, 0.29) is 6.54 Å². The molecule has 21 heavy (non-hydrogen) atoms. The van der Waals surface area contributed by atoms with E-state index in [1.807, 2.05) is 41.3 Å². The molecule has 0 spiro atoms. The average Bonchev–Trinajstić information content (AvgIpc) is 2.48. The summed E-state index contributed by atoms with van der Waals surface area (Å²) < 4.78 is 0. The van der Waals surface area contributed by atoms with Gasteiger partial charge in [-0.15, -0.1) is 0 Å². The molecule has 0 fully saturated rings. The highest BCUT2D eigenvalue weighted by molar-refractivity contribution is 5.99. The number of rotatable bonds is 6. The molecule has 0 aliphatic rings. The molecule has 0 bridgehead atoms. The van der Waals surface area contributed by atoms with Gasteiger partial charge in [-0.1, -0.05) is 30.3 Å². The summed E-state index contributed by atoms with van der Waals surface area (Å²) >= 11 is 0. The topological polar surface area (TPSA) is 89.4 Å². The van der Waals surface area contributed by atoms with Crippen molar-refractivity contribution in [3.05, 3.63) is 66.6 Å². The Morgan fingerprint density at radius 1 is 0.952 bits per heavy atom. The molecule has 2 aromatic carbocycles. The molecule has 2 amide bonds. The second-order valence-corrected chi connectivity index (χ2v) is 4.43. The number of anilines is 2. The van der Waals surface area contributed by atoms with Crippen LogP contribution >= 0.6 is 0 Å².